The Morgan fingerprint density at radius 3 is 2.12 bits per heavy atom. The molecule has 0 bridgehead atoms. The van der Waals surface area contributed by atoms with Gasteiger partial charge in [0.2, 0.25) is 0 Å². The molecule has 42 heavy (non-hydrogen) atoms. The van der Waals surface area contributed by atoms with Gasteiger partial charge in [0.25, 0.3) is 0 Å². The van der Waals surface area contributed by atoms with Crippen LogP contribution in [0, 0.1) is 17.9 Å². The first-order chi connectivity index (χ1) is 20.7. The molecule has 0 aliphatic carbocycles. The number of fused-ring (bicyclic) bond motifs is 6. The van der Waals surface area contributed by atoms with E-state index < -0.39 is 0 Å². The first-order valence-corrected chi connectivity index (χ1v) is 13.6. The van der Waals surface area contributed by atoms with E-state index in [1.54, 1.807) is 0 Å². The van der Waals surface area contributed by atoms with E-state index in [-0.39, 0.29) is 0 Å². The van der Waals surface area contributed by atoms with Crippen molar-refractivity contribution in [3.8, 4) is 28.6 Å². The van der Waals surface area contributed by atoms with Gasteiger partial charge in [-0.3, -0.25) is 4.57 Å². The van der Waals surface area contributed by atoms with Crippen molar-refractivity contribution in [3.63, 3.8) is 0 Å². The van der Waals surface area contributed by atoms with Crippen molar-refractivity contribution in [1.29, 1.82) is 5.26 Å². The predicted molar refractivity (Wildman–Crippen MR) is 169 cm³/mol. The van der Waals surface area contributed by atoms with Crippen molar-refractivity contribution >= 4 is 49.4 Å². The van der Waals surface area contributed by atoms with Crippen molar-refractivity contribution in [3.05, 3.63) is 145 Å². The Morgan fingerprint density at radius 1 is 0.595 bits per heavy atom. The summed E-state index contributed by atoms with van der Waals surface area (Å²) in [7, 11) is 0. The maximum absolute atomic E-state index is 10.1. The van der Waals surface area contributed by atoms with E-state index in [9.17, 15) is 5.26 Å². The summed E-state index contributed by atoms with van der Waals surface area (Å²) >= 11 is 0. The average Bonchev–Trinajstić information content (AvgIpc) is 3.57. The van der Waals surface area contributed by atoms with E-state index >= 15 is 0 Å². The van der Waals surface area contributed by atoms with Gasteiger partial charge in [-0.05, 0) is 83.2 Å². The highest BCUT2D eigenvalue weighted by Gasteiger charge is 2.16. The van der Waals surface area contributed by atoms with Crippen molar-refractivity contribution in [2.75, 3.05) is 0 Å². The van der Waals surface area contributed by atoms with Crippen LogP contribution in [0.25, 0.3) is 71.1 Å². The maximum atomic E-state index is 10.1. The lowest BCUT2D eigenvalue weighted by molar-refractivity contribution is 1.14. The van der Waals surface area contributed by atoms with Crippen LogP contribution in [-0.2, 0) is 0 Å². The zero-order valence-corrected chi connectivity index (χ0v) is 22.4. The van der Waals surface area contributed by atoms with Crippen molar-refractivity contribution in [2.45, 2.75) is 0 Å². The molecule has 0 fully saturated rings. The first-order valence-electron chi connectivity index (χ1n) is 13.6. The number of hydrogen-bond donors (Lipinski definition) is 0. The fraction of sp³-hybridized carbons (Fsp3) is 0. The monoisotopic (exact) mass is 535 g/mol. The average molecular weight is 536 g/mol. The summed E-state index contributed by atoms with van der Waals surface area (Å²) < 4.78 is 4.38. The van der Waals surface area contributed by atoms with Gasteiger partial charge >= 0.3 is 0 Å². The molecule has 5 heteroatoms. The Morgan fingerprint density at radius 2 is 1.31 bits per heavy atom. The second kappa shape index (κ2) is 9.20. The van der Waals surface area contributed by atoms with Crippen LogP contribution in [0.5, 0.6) is 0 Å². The number of aromatic nitrogens is 3. The molecule has 3 aromatic heterocycles. The van der Waals surface area contributed by atoms with Gasteiger partial charge in [0.15, 0.2) is 5.69 Å². The third-order valence-corrected chi connectivity index (χ3v) is 7.96. The predicted octanol–water partition coefficient (Wildman–Crippen LogP) is 9.37. The highest BCUT2D eigenvalue weighted by Crippen LogP contribution is 2.37. The van der Waals surface area contributed by atoms with Crippen molar-refractivity contribution in [2.24, 2.45) is 0 Å². The Bertz CT molecular complexity index is 2390. The van der Waals surface area contributed by atoms with Crippen LogP contribution < -0.4 is 0 Å². The summed E-state index contributed by atoms with van der Waals surface area (Å²) in [6, 6.07) is 43.2. The highest BCUT2D eigenvalue weighted by molar-refractivity contribution is 6.10. The van der Waals surface area contributed by atoms with Crippen molar-refractivity contribution in [1.82, 2.24) is 14.1 Å². The Hall–Kier alpha value is -6.17. The molecule has 0 atom stereocenters. The second-order valence-corrected chi connectivity index (χ2v) is 10.3. The summed E-state index contributed by atoms with van der Waals surface area (Å²) in [6.07, 6.45) is 1.83. The zero-order valence-electron chi connectivity index (χ0n) is 22.4. The van der Waals surface area contributed by atoms with Gasteiger partial charge in [0.05, 0.1) is 34.8 Å². The number of nitriles is 1. The molecule has 8 rings (SSSR count). The van der Waals surface area contributed by atoms with E-state index in [2.05, 4.69) is 92.8 Å². The SMILES string of the molecule is [C-]#[N+]c1ccc2c(c1)c1ccccc1n2-c1cc(C#N)cc(-c2cccc(-n3c4ccccc4c4cccnc43)c2)c1. The van der Waals surface area contributed by atoms with Crippen LogP contribution in [0.1, 0.15) is 5.56 Å². The van der Waals surface area contributed by atoms with E-state index in [4.69, 9.17) is 11.6 Å². The largest absolute Gasteiger partial charge is 0.309 e. The van der Waals surface area contributed by atoms with Crippen LogP contribution in [0.15, 0.2) is 128 Å². The summed E-state index contributed by atoms with van der Waals surface area (Å²) in [4.78, 5) is 8.39. The Kier molecular flexibility index (Phi) is 5.19. The lowest BCUT2D eigenvalue weighted by atomic mass is 10.0. The number of nitrogens with zero attached hydrogens (tertiary/aromatic N) is 5. The molecule has 0 amide bonds. The summed E-state index contributed by atoms with van der Waals surface area (Å²) in [5.74, 6) is 0. The maximum Gasteiger partial charge on any atom is 0.188 e. The molecule has 0 aliphatic heterocycles. The lowest BCUT2D eigenvalue weighted by Crippen LogP contribution is -1.97. The molecule has 5 nitrogen and oxygen atoms in total. The third-order valence-electron chi connectivity index (χ3n) is 7.96. The molecule has 3 heterocycles. The van der Waals surface area contributed by atoms with Crippen LogP contribution in [-0.4, -0.2) is 14.1 Å². The molecule has 0 saturated carbocycles. The summed E-state index contributed by atoms with van der Waals surface area (Å²) in [5, 5.41) is 14.4. The molecular weight excluding hydrogens is 514 g/mol. The standard InChI is InChI=1S/C37H21N5/c1-39-27-15-16-36-33(22-27)31-11-3-4-13-34(31)41(36)29-19-24(23-38)18-26(21-29)25-8-6-9-28(20-25)42-35-14-5-2-10-30(35)32-12-7-17-40-37(32)42/h2-22H. The molecule has 0 unspecified atom stereocenters. The number of pyridine rings is 1. The van der Waals surface area contributed by atoms with E-state index in [1.165, 1.54) is 0 Å². The van der Waals surface area contributed by atoms with Gasteiger partial charge in [0, 0.05) is 33.7 Å². The van der Waals surface area contributed by atoms with Gasteiger partial charge in [-0.25, -0.2) is 9.83 Å². The molecule has 8 aromatic rings. The minimum absolute atomic E-state index is 0.579. The Balaban J connectivity index is 1.35. The highest BCUT2D eigenvalue weighted by atomic mass is 15.0. The lowest BCUT2D eigenvalue weighted by Gasteiger charge is -2.13. The van der Waals surface area contributed by atoms with Gasteiger partial charge in [-0.2, -0.15) is 5.26 Å². The fourth-order valence-corrected chi connectivity index (χ4v) is 6.16. The minimum atomic E-state index is 0.579. The fourth-order valence-electron chi connectivity index (χ4n) is 6.16. The third kappa shape index (κ3) is 3.52. The summed E-state index contributed by atoms with van der Waals surface area (Å²) in [5.41, 5.74) is 9.07. The number of hydrogen-bond acceptors (Lipinski definition) is 2. The minimum Gasteiger partial charge on any atom is -0.309 e. The van der Waals surface area contributed by atoms with Crippen molar-refractivity contribution < 1.29 is 0 Å². The molecular formula is C37H21N5. The van der Waals surface area contributed by atoms with Gasteiger partial charge in [0.1, 0.15) is 5.65 Å². The zero-order chi connectivity index (χ0) is 28.2. The van der Waals surface area contributed by atoms with Crippen LogP contribution in [0.3, 0.4) is 0 Å². The number of rotatable bonds is 3. The van der Waals surface area contributed by atoms with E-state index in [0.717, 1.165) is 66.2 Å². The van der Waals surface area contributed by atoms with Crippen LogP contribution in [0.2, 0.25) is 0 Å². The number of para-hydroxylation sites is 2. The van der Waals surface area contributed by atoms with Crippen LogP contribution >= 0.6 is 0 Å². The summed E-state index contributed by atoms with van der Waals surface area (Å²) in [6.45, 7) is 7.51. The molecule has 0 spiro atoms. The van der Waals surface area contributed by atoms with Crippen LogP contribution in [0.4, 0.5) is 5.69 Å². The Labute approximate surface area is 241 Å². The molecule has 0 radical (unpaired) electrons. The quantitative estimate of drug-likeness (QED) is 0.212. The van der Waals surface area contributed by atoms with E-state index in [0.29, 0.717) is 11.3 Å². The molecule has 5 aromatic carbocycles. The molecule has 0 N–H and O–H groups in total. The second-order valence-electron chi connectivity index (χ2n) is 10.3. The molecule has 0 saturated heterocycles. The van der Waals surface area contributed by atoms with Gasteiger partial charge in [-0.15, -0.1) is 0 Å². The molecule has 0 aliphatic rings. The number of benzene rings is 5. The van der Waals surface area contributed by atoms with Gasteiger partial charge in [-0.1, -0.05) is 54.6 Å². The molecule has 194 valence electrons. The first kappa shape index (κ1) is 23.7. The van der Waals surface area contributed by atoms with E-state index in [1.807, 2.05) is 54.7 Å². The smallest absolute Gasteiger partial charge is 0.188 e. The van der Waals surface area contributed by atoms with Gasteiger partial charge < -0.3 is 4.57 Å². The topological polar surface area (TPSA) is 50.9 Å². The normalized spacial score (nSPS) is 11.3.